The summed E-state index contributed by atoms with van der Waals surface area (Å²) in [5, 5.41) is 19.5. The zero-order valence-electron chi connectivity index (χ0n) is 11.5. The van der Waals surface area contributed by atoms with Crippen LogP contribution in [0.4, 0.5) is 0 Å². The van der Waals surface area contributed by atoms with Crippen molar-refractivity contribution in [1.82, 2.24) is 0 Å². The Morgan fingerprint density at radius 1 is 1.12 bits per heavy atom. The maximum Gasteiger partial charge on any atom is 0.0844 e. The Morgan fingerprint density at radius 3 is 2.12 bits per heavy atom. The fourth-order valence-electron chi connectivity index (χ4n) is 1.95. The monoisotopic (exact) mass is 236 g/mol. The van der Waals surface area contributed by atoms with Crippen molar-refractivity contribution >= 4 is 0 Å². The quantitative estimate of drug-likeness (QED) is 0.843. The van der Waals surface area contributed by atoms with Gasteiger partial charge >= 0.3 is 0 Å². The smallest absolute Gasteiger partial charge is 0.0844 e. The molecule has 2 nitrogen and oxygen atoms in total. The molecule has 0 unspecified atom stereocenters. The Hall–Kier alpha value is -0.860. The number of aliphatic hydroxyl groups is 2. The highest BCUT2D eigenvalue weighted by molar-refractivity contribution is 5.37. The van der Waals surface area contributed by atoms with Crippen LogP contribution < -0.4 is 0 Å². The lowest BCUT2D eigenvalue weighted by atomic mass is 9.80. The van der Waals surface area contributed by atoms with Crippen LogP contribution in [-0.2, 0) is 17.6 Å². The lowest BCUT2D eigenvalue weighted by Crippen LogP contribution is -2.21. The molecule has 17 heavy (non-hydrogen) atoms. The van der Waals surface area contributed by atoms with Gasteiger partial charge in [-0.3, -0.25) is 0 Å². The third-order valence-corrected chi connectivity index (χ3v) is 3.60. The molecule has 0 amide bonds. The SMILES string of the molecule is CCC(C)(C)c1ccc(C(C)(C)O)c(CO)c1. The van der Waals surface area contributed by atoms with Gasteiger partial charge < -0.3 is 10.2 Å². The van der Waals surface area contributed by atoms with Gasteiger partial charge in [-0.2, -0.15) is 0 Å². The summed E-state index contributed by atoms with van der Waals surface area (Å²) in [5.41, 5.74) is 2.01. The summed E-state index contributed by atoms with van der Waals surface area (Å²) >= 11 is 0. The van der Waals surface area contributed by atoms with Crippen molar-refractivity contribution < 1.29 is 10.2 Å². The van der Waals surface area contributed by atoms with E-state index in [1.807, 2.05) is 12.1 Å². The number of hydrogen-bond donors (Lipinski definition) is 2. The van der Waals surface area contributed by atoms with Crippen molar-refractivity contribution in [3.8, 4) is 0 Å². The molecule has 2 N–H and O–H groups in total. The van der Waals surface area contributed by atoms with Crippen molar-refractivity contribution in [3.63, 3.8) is 0 Å². The van der Waals surface area contributed by atoms with Crippen LogP contribution in [0.3, 0.4) is 0 Å². The van der Waals surface area contributed by atoms with E-state index in [9.17, 15) is 10.2 Å². The fraction of sp³-hybridized carbons (Fsp3) is 0.600. The average molecular weight is 236 g/mol. The lowest BCUT2D eigenvalue weighted by Gasteiger charge is -2.27. The third kappa shape index (κ3) is 3.08. The summed E-state index contributed by atoms with van der Waals surface area (Å²) in [5.74, 6) is 0. The number of rotatable bonds is 4. The summed E-state index contributed by atoms with van der Waals surface area (Å²) in [6.45, 7) is 9.98. The van der Waals surface area contributed by atoms with E-state index in [2.05, 4.69) is 26.8 Å². The maximum atomic E-state index is 10.0. The summed E-state index contributed by atoms with van der Waals surface area (Å²) in [6.07, 6.45) is 1.04. The maximum absolute atomic E-state index is 10.0. The standard InChI is InChI=1S/C15H24O2/c1-6-14(2,3)12-7-8-13(15(4,5)17)11(9-12)10-16/h7-9,16-17H,6,10H2,1-5H3. The van der Waals surface area contributed by atoms with Crippen molar-refractivity contribution in [2.24, 2.45) is 0 Å². The first kappa shape index (κ1) is 14.2. The second kappa shape index (κ2) is 4.79. The average Bonchev–Trinajstić information content (AvgIpc) is 2.27. The van der Waals surface area contributed by atoms with Crippen LogP contribution in [-0.4, -0.2) is 10.2 Å². The van der Waals surface area contributed by atoms with E-state index in [0.717, 1.165) is 17.5 Å². The van der Waals surface area contributed by atoms with E-state index in [-0.39, 0.29) is 12.0 Å². The molecule has 0 bridgehead atoms. The first-order valence-corrected chi connectivity index (χ1v) is 6.19. The molecular weight excluding hydrogens is 212 g/mol. The van der Waals surface area contributed by atoms with Gasteiger partial charge in [0.25, 0.3) is 0 Å². The molecule has 0 saturated heterocycles. The van der Waals surface area contributed by atoms with E-state index >= 15 is 0 Å². The first-order valence-electron chi connectivity index (χ1n) is 6.19. The minimum Gasteiger partial charge on any atom is -0.392 e. The van der Waals surface area contributed by atoms with Crippen molar-refractivity contribution in [3.05, 3.63) is 34.9 Å². The Morgan fingerprint density at radius 2 is 1.71 bits per heavy atom. The molecule has 0 aliphatic rings. The van der Waals surface area contributed by atoms with E-state index in [1.165, 1.54) is 5.56 Å². The Balaban J connectivity index is 3.27. The van der Waals surface area contributed by atoms with Gasteiger partial charge in [0.15, 0.2) is 0 Å². The topological polar surface area (TPSA) is 40.5 Å². The van der Waals surface area contributed by atoms with Gasteiger partial charge in [0, 0.05) is 0 Å². The molecule has 0 spiro atoms. The molecule has 96 valence electrons. The van der Waals surface area contributed by atoms with E-state index in [1.54, 1.807) is 13.8 Å². The number of benzene rings is 1. The molecule has 1 aromatic rings. The summed E-state index contributed by atoms with van der Waals surface area (Å²) < 4.78 is 0. The Kier molecular flexibility index (Phi) is 4.00. The highest BCUT2D eigenvalue weighted by Gasteiger charge is 2.23. The minimum absolute atomic E-state index is 0.0348. The van der Waals surface area contributed by atoms with Crippen molar-refractivity contribution in [2.75, 3.05) is 0 Å². The molecule has 0 aromatic heterocycles. The normalized spacial score (nSPS) is 12.9. The summed E-state index contributed by atoms with van der Waals surface area (Å²) in [6, 6.07) is 5.99. The number of aliphatic hydroxyl groups excluding tert-OH is 1. The van der Waals surface area contributed by atoms with Crippen LogP contribution in [0, 0.1) is 0 Å². The van der Waals surface area contributed by atoms with Gasteiger partial charge in [0.1, 0.15) is 0 Å². The van der Waals surface area contributed by atoms with E-state index in [0.29, 0.717) is 0 Å². The van der Waals surface area contributed by atoms with Gasteiger partial charge in [0.2, 0.25) is 0 Å². The van der Waals surface area contributed by atoms with Crippen LogP contribution in [0.25, 0.3) is 0 Å². The van der Waals surface area contributed by atoms with E-state index < -0.39 is 5.60 Å². The molecule has 2 heteroatoms. The fourth-order valence-corrected chi connectivity index (χ4v) is 1.95. The van der Waals surface area contributed by atoms with Crippen LogP contribution in [0.1, 0.15) is 57.7 Å². The lowest BCUT2D eigenvalue weighted by molar-refractivity contribution is 0.0759. The molecule has 0 aliphatic carbocycles. The molecule has 0 fully saturated rings. The Bertz CT molecular complexity index is 386. The molecule has 1 aromatic carbocycles. The molecule has 0 aliphatic heterocycles. The van der Waals surface area contributed by atoms with Crippen LogP contribution >= 0.6 is 0 Å². The first-order chi connectivity index (χ1) is 7.72. The molecule has 1 rings (SSSR count). The van der Waals surface area contributed by atoms with Crippen molar-refractivity contribution in [1.29, 1.82) is 0 Å². The third-order valence-electron chi connectivity index (χ3n) is 3.60. The van der Waals surface area contributed by atoms with Crippen molar-refractivity contribution in [2.45, 2.75) is 58.7 Å². The van der Waals surface area contributed by atoms with Gasteiger partial charge in [-0.15, -0.1) is 0 Å². The van der Waals surface area contributed by atoms with Gasteiger partial charge in [-0.25, -0.2) is 0 Å². The summed E-state index contributed by atoms with van der Waals surface area (Å²) in [4.78, 5) is 0. The highest BCUT2D eigenvalue weighted by Crippen LogP contribution is 2.31. The zero-order valence-corrected chi connectivity index (χ0v) is 11.5. The largest absolute Gasteiger partial charge is 0.392 e. The number of hydrogen-bond acceptors (Lipinski definition) is 2. The highest BCUT2D eigenvalue weighted by atomic mass is 16.3. The van der Waals surface area contributed by atoms with Crippen LogP contribution in [0.2, 0.25) is 0 Å². The minimum atomic E-state index is -0.910. The second-order valence-corrected chi connectivity index (χ2v) is 5.83. The molecular formula is C15H24O2. The van der Waals surface area contributed by atoms with E-state index in [4.69, 9.17) is 0 Å². The van der Waals surface area contributed by atoms with Crippen LogP contribution in [0.5, 0.6) is 0 Å². The molecule has 0 radical (unpaired) electrons. The molecule has 0 heterocycles. The molecule has 0 atom stereocenters. The molecule has 0 saturated carbocycles. The zero-order chi connectivity index (χ0) is 13.3. The van der Waals surface area contributed by atoms with Crippen LogP contribution in [0.15, 0.2) is 18.2 Å². The van der Waals surface area contributed by atoms with Gasteiger partial charge in [-0.05, 0) is 42.4 Å². The summed E-state index contributed by atoms with van der Waals surface area (Å²) in [7, 11) is 0. The van der Waals surface area contributed by atoms with Gasteiger partial charge in [0.05, 0.1) is 12.2 Å². The second-order valence-electron chi connectivity index (χ2n) is 5.83. The predicted molar refractivity (Wildman–Crippen MR) is 70.9 cm³/mol. The predicted octanol–water partition coefficient (Wildman–Crippen LogP) is 3.09. The Labute approximate surface area is 104 Å². The van der Waals surface area contributed by atoms with Gasteiger partial charge in [-0.1, -0.05) is 39.0 Å².